The monoisotopic (exact) mass is 338 g/mol. The molecule has 0 radical (unpaired) electrons. The molecule has 0 heterocycles. The third-order valence-corrected chi connectivity index (χ3v) is 3.46. The Morgan fingerprint density at radius 2 is 1.90 bits per heavy atom. The van der Waals surface area contributed by atoms with Gasteiger partial charge in [0.15, 0.2) is 0 Å². The Morgan fingerprint density at radius 3 is 2.45 bits per heavy atom. The molecular formula is C14H12BrFN2O2. The smallest absolute Gasteiger partial charge is 0.269 e. The number of nitro groups is 1. The number of rotatable bonds is 4. The number of halogens is 2. The Labute approximate surface area is 123 Å². The lowest BCUT2D eigenvalue weighted by atomic mass is 9.99. The number of hydrogen-bond acceptors (Lipinski definition) is 3. The first-order valence-electron chi connectivity index (χ1n) is 5.91. The molecule has 0 amide bonds. The third-order valence-electron chi connectivity index (χ3n) is 2.96. The zero-order valence-corrected chi connectivity index (χ0v) is 12.0. The van der Waals surface area contributed by atoms with E-state index in [0.717, 1.165) is 5.56 Å². The van der Waals surface area contributed by atoms with Gasteiger partial charge in [-0.1, -0.05) is 34.1 Å². The average molecular weight is 339 g/mol. The molecule has 104 valence electrons. The first-order valence-corrected chi connectivity index (χ1v) is 6.70. The van der Waals surface area contributed by atoms with Crippen LogP contribution in [0.4, 0.5) is 10.1 Å². The molecule has 4 nitrogen and oxygen atoms in total. The van der Waals surface area contributed by atoms with Gasteiger partial charge in [-0.3, -0.25) is 10.1 Å². The number of nitrogens with two attached hydrogens (primary N) is 1. The van der Waals surface area contributed by atoms with Crippen LogP contribution in [0.5, 0.6) is 0 Å². The standard InChI is InChI=1S/C14H12BrFN2O2/c15-10-3-6-12(13(16)8-10)14(17)7-9-1-4-11(5-2-9)18(19)20/h1-6,8,14H,7,17H2. The van der Waals surface area contributed by atoms with Gasteiger partial charge in [0.25, 0.3) is 5.69 Å². The second kappa shape index (κ2) is 6.11. The van der Waals surface area contributed by atoms with E-state index in [9.17, 15) is 14.5 Å². The van der Waals surface area contributed by atoms with Gasteiger partial charge in [-0.25, -0.2) is 4.39 Å². The molecule has 0 aliphatic heterocycles. The first-order chi connectivity index (χ1) is 9.47. The summed E-state index contributed by atoms with van der Waals surface area (Å²) >= 11 is 3.19. The summed E-state index contributed by atoms with van der Waals surface area (Å²) < 4.78 is 14.4. The summed E-state index contributed by atoms with van der Waals surface area (Å²) in [6.07, 6.45) is 0.413. The van der Waals surface area contributed by atoms with Gasteiger partial charge in [0, 0.05) is 28.2 Å². The largest absolute Gasteiger partial charge is 0.324 e. The van der Waals surface area contributed by atoms with E-state index in [1.165, 1.54) is 18.2 Å². The summed E-state index contributed by atoms with van der Waals surface area (Å²) in [6, 6.07) is 10.3. The van der Waals surface area contributed by atoms with E-state index in [1.807, 2.05) is 0 Å². The van der Waals surface area contributed by atoms with Crippen LogP contribution in [0.25, 0.3) is 0 Å². The van der Waals surface area contributed by atoms with Gasteiger partial charge in [-0.15, -0.1) is 0 Å². The van der Waals surface area contributed by atoms with E-state index < -0.39 is 11.0 Å². The molecule has 2 aromatic carbocycles. The van der Waals surface area contributed by atoms with E-state index in [4.69, 9.17) is 5.73 Å². The van der Waals surface area contributed by atoms with Crippen molar-refractivity contribution in [3.8, 4) is 0 Å². The van der Waals surface area contributed by atoms with Gasteiger partial charge in [0.2, 0.25) is 0 Å². The molecule has 0 spiro atoms. The van der Waals surface area contributed by atoms with Crippen LogP contribution in [0.15, 0.2) is 46.9 Å². The van der Waals surface area contributed by atoms with Crippen molar-refractivity contribution < 1.29 is 9.31 Å². The minimum absolute atomic E-state index is 0.0251. The molecule has 2 rings (SSSR count). The minimum Gasteiger partial charge on any atom is -0.324 e. The van der Waals surface area contributed by atoms with Crippen LogP contribution in [-0.2, 0) is 6.42 Å². The van der Waals surface area contributed by atoms with Crippen molar-refractivity contribution in [2.45, 2.75) is 12.5 Å². The Bertz CT molecular complexity index is 632. The lowest BCUT2D eigenvalue weighted by Gasteiger charge is -2.13. The van der Waals surface area contributed by atoms with Gasteiger partial charge in [-0.05, 0) is 24.1 Å². The van der Waals surface area contributed by atoms with Gasteiger partial charge < -0.3 is 5.73 Å². The maximum absolute atomic E-state index is 13.8. The van der Waals surface area contributed by atoms with Crippen LogP contribution < -0.4 is 5.73 Å². The first kappa shape index (κ1) is 14.6. The van der Waals surface area contributed by atoms with Crippen LogP contribution >= 0.6 is 15.9 Å². The maximum Gasteiger partial charge on any atom is 0.269 e. The fourth-order valence-electron chi connectivity index (χ4n) is 1.92. The Hall–Kier alpha value is -1.79. The third kappa shape index (κ3) is 3.40. The highest BCUT2D eigenvalue weighted by molar-refractivity contribution is 9.10. The van der Waals surface area contributed by atoms with Crippen LogP contribution in [-0.4, -0.2) is 4.92 Å². The highest BCUT2D eigenvalue weighted by Crippen LogP contribution is 2.23. The number of nitrogens with zero attached hydrogens (tertiary/aromatic N) is 1. The van der Waals surface area contributed by atoms with Crippen molar-refractivity contribution in [2.75, 3.05) is 0 Å². The molecule has 1 atom stereocenters. The molecule has 2 aromatic rings. The molecule has 0 fully saturated rings. The van der Waals surface area contributed by atoms with E-state index in [2.05, 4.69) is 15.9 Å². The molecule has 20 heavy (non-hydrogen) atoms. The fourth-order valence-corrected chi connectivity index (χ4v) is 2.25. The van der Waals surface area contributed by atoms with Gasteiger partial charge in [0.1, 0.15) is 5.82 Å². The predicted molar refractivity (Wildman–Crippen MR) is 77.8 cm³/mol. The predicted octanol–water partition coefficient (Wildman–Crippen LogP) is 3.74. The van der Waals surface area contributed by atoms with Gasteiger partial charge >= 0.3 is 0 Å². The second-order valence-corrected chi connectivity index (χ2v) is 5.32. The summed E-state index contributed by atoms with van der Waals surface area (Å²) in [5.74, 6) is -0.367. The summed E-state index contributed by atoms with van der Waals surface area (Å²) in [4.78, 5) is 10.1. The molecule has 0 saturated carbocycles. The van der Waals surface area contributed by atoms with E-state index in [0.29, 0.717) is 16.5 Å². The molecule has 1 unspecified atom stereocenters. The van der Waals surface area contributed by atoms with Crippen LogP contribution in [0.1, 0.15) is 17.2 Å². The number of hydrogen-bond donors (Lipinski definition) is 1. The van der Waals surface area contributed by atoms with Crippen LogP contribution in [0.2, 0.25) is 0 Å². The molecular weight excluding hydrogens is 327 g/mol. The number of non-ortho nitro benzene ring substituents is 1. The molecule has 6 heteroatoms. The zero-order valence-electron chi connectivity index (χ0n) is 10.4. The summed E-state index contributed by atoms with van der Waals surface area (Å²) in [5, 5.41) is 10.6. The van der Waals surface area contributed by atoms with Gasteiger partial charge in [0.05, 0.1) is 4.92 Å². The quantitative estimate of drug-likeness (QED) is 0.681. The normalized spacial score (nSPS) is 12.2. The molecule has 0 aliphatic rings. The second-order valence-electron chi connectivity index (χ2n) is 4.40. The van der Waals surface area contributed by atoms with E-state index in [1.54, 1.807) is 24.3 Å². The molecule has 0 saturated heterocycles. The molecule has 0 aliphatic carbocycles. The molecule has 0 aromatic heterocycles. The van der Waals surface area contributed by atoms with Crippen molar-refractivity contribution in [1.29, 1.82) is 0 Å². The lowest BCUT2D eigenvalue weighted by Crippen LogP contribution is -2.15. The lowest BCUT2D eigenvalue weighted by molar-refractivity contribution is -0.384. The SMILES string of the molecule is NC(Cc1ccc([N+](=O)[O-])cc1)c1ccc(Br)cc1F. The van der Waals surface area contributed by atoms with Crippen molar-refractivity contribution >= 4 is 21.6 Å². The van der Waals surface area contributed by atoms with Crippen molar-refractivity contribution in [2.24, 2.45) is 5.73 Å². The summed E-state index contributed by atoms with van der Waals surface area (Å²) in [5.41, 5.74) is 7.26. The van der Waals surface area contributed by atoms with Crippen LogP contribution in [0.3, 0.4) is 0 Å². The van der Waals surface area contributed by atoms with Crippen molar-refractivity contribution in [3.63, 3.8) is 0 Å². The van der Waals surface area contributed by atoms with Crippen molar-refractivity contribution in [3.05, 3.63) is 74.0 Å². The Balaban J connectivity index is 2.14. The van der Waals surface area contributed by atoms with Gasteiger partial charge in [-0.2, -0.15) is 0 Å². The Kier molecular flexibility index (Phi) is 4.46. The summed E-state index contributed by atoms with van der Waals surface area (Å²) in [6.45, 7) is 0. The maximum atomic E-state index is 13.8. The highest BCUT2D eigenvalue weighted by atomic mass is 79.9. The number of nitro benzene ring substituents is 1. The fraction of sp³-hybridized carbons (Fsp3) is 0.143. The molecule has 0 bridgehead atoms. The molecule has 2 N–H and O–H groups in total. The topological polar surface area (TPSA) is 69.2 Å². The van der Waals surface area contributed by atoms with E-state index in [-0.39, 0.29) is 11.5 Å². The van der Waals surface area contributed by atoms with Crippen LogP contribution in [0, 0.1) is 15.9 Å². The average Bonchev–Trinajstić information content (AvgIpc) is 2.39. The summed E-state index contributed by atoms with van der Waals surface area (Å²) in [7, 11) is 0. The minimum atomic E-state index is -0.496. The Morgan fingerprint density at radius 1 is 1.25 bits per heavy atom. The van der Waals surface area contributed by atoms with Crippen molar-refractivity contribution in [1.82, 2.24) is 0 Å². The van der Waals surface area contributed by atoms with E-state index >= 15 is 0 Å². The number of benzene rings is 2. The zero-order chi connectivity index (χ0) is 14.7. The highest BCUT2D eigenvalue weighted by Gasteiger charge is 2.13.